The first-order chi connectivity index (χ1) is 22.4. The maximum atomic E-state index is 15.1. The van der Waals surface area contributed by atoms with Crippen molar-refractivity contribution >= 4 is 29.2 Å². The minimum atomic E-state index is -1.42. The Morgan fingerprint density at radius 1 is 0.870 bits per heavy atom. The zero-order valence-corrected chi connectivity index (χ0v) is 25.9. The van der Waals surface area contributed by atoms with Gasteiger partial charge >= 0.3 is 0 Å². The minimum absolute atomic E-state index is 0.296. The molecule has 0 unspecified atom stereocenters. The van der Waals surface area contributed by atoms with E-state index in [4.69, 9.17) is 14.2 Å². The van der Waals surface area contributed by atoms with Crippen LogP contribution < -0.4 is 19.5 Å². The molecule has 46 heavy (non-hydrogen) atoms. The molecule has 0 bridgehead atoms. The molecule has 3 aliphatic rings. The molecule has 1 N–H and O–H groups in total. The Bertz CT molecular complexity index is 1880. The molecule has 1 saturated heterocycles. The summed E-state index contributed by atoms with van der Waals surface area (Å²) in [6.07, 6.45) is 4.65. The number of methoxy groups -OCH3 is 2. The Labute approximate surface area is 267 Å². The summed E-state index contributed by atoms with van der Waals surface area (Å²) in [6, 6.07) is 25.6. The third kappa shape index (κ3) is 4.31. The van der Waals surface area contributed by atoms with Gasteiger partial charge in [0.1, 0.15) is 28.7 Å². The number of nitrogens with zero attached hydrogens (tertiary/aromatic N) is 1. The van der Waals surface area contributed by atoms with Crippen molar-refractivity contribution in [3.05, 3.63) is 125 Å². The number of ketones is 2. The van der Waals surface area contributed by atoms with Gasteiger partial charge in [-0.25, -0.2) is 0 Å². The van der Waals surface area contributed by atoms with Gasteiger partial charge in [0.05, 0.1) is 38.3 Å². The Kier molecular flexibility index (Phi) is 7.35. The summed E-state index contributed by atoms with van der Waals surface area (Å²) in [5.41, 5.74) is 2.39. The molecular weight excluding hydrogens is 580 g/mol. The topological polar surface area (TPSA) is 94.2 Å². The van der Waals surface area contributed by atoms with Crippen LogP contribution in [0.5, 0.6) is 17.2 Å². The molecule has 0 aliphatic carbocycles. The molecule has 1 fully saturated rings. The van der Waals surface area contributed by atoms with Crippen LogP contribution in [0.2, 0.25) is 0 Å². The number of ether oxygens (including phenoxy) is 3. The van der Waals surface area contributed by atoms with Crippen molar-refractivity contribution in [3.63, 3.8) is 0 Å². The lowest BCUT2D eigenvalue weighted by atomic mass is 9.62. The summed E-state index contributed by atoms with van der Waals surface area (Å²) in [4.78, 5) is 46.6. The molecule has 4 atom stereocenters. The van der Waals surface area contributed by atoms with Gasteiger partial charge in [-0.15, -0.1) is 0 Å². The van der Waals surface area contributed by atoms with Gasteiger partial charge in [0.25, 0.3) is 0 Å². The average molecular weight is 615 g/mol. The summed E-state index contributed by atoms with van der Waals surface area (Å²) in [5, 5.41) is 3.09. The fraction of sp³-hybridized carbons (Fsp3) is 0.237. The van der Waals surface area contributed by atoms with E-state index in [1.54, 1.807) is 49.6 Å². The van der Waals surface area contributed by atoms with Gasteiger partial charge in [-0.05, 0) is 71.7 Å². The zero-order valence-electron chi connectivity index (χ0n) is 25.9. The van der Waals surface area contributed by atoms with Gasteiger partial charge in [-0.2, -0.15) is 0 Å². The third-order valence-corrected chi connectivity index (χ3v) is 9.41. The van der Waals surface area contributed by atoms with Crippen molar-refractivity contribution in [2.45, 2.75) is 30.8 Å². The largest absolute Gasteiger partial charge is 0.497 e. The lowest BCUT2D eigenvalue weighted by molar-refractivity contribution is -0.122. The molecule has 0 aromatic heterocycles. The molecule has 8 heteroatoms. The number of para-hydroxylation sites is 1. The van der Waals surface area contributed by atoms with Crippen LogP contribution in [0.4, 0.5) is 5.69 Å². The first-order valence-electron chi connectivity index (χ1n) is 15.4. The summed E-state index contributed by atoms with van der Waals surface area (Å²) in [6.45, 7) is 2.58. The molecule has 3 aliphatic heterocycles. The molecule has 0 radical (unpaired) electrons. The number of Topliss-reactive ketones (excluding diaryl/α,β-unsaturated/α-hetero) is 2. The van der Waals surface area contributed by atoms with Crippen LogP contribution in [0.1, 0.15) is 56.8 Å². The number of rotatable bonds is 9. The highest BCUT2D eigenvalue weighted by Gasteiger charge is 2.70. The maximum Gasteiger partial charge on any atom is 0.238 e. The van der Waals surface area contributed by atoms with Gasteiger partial charge in [0.15, 0.2) is 11.6 Å². The Morgan fingerprint density at radius 2 is 1.61 bits per heavy atom. The van der Waals surface area contributed by atoms with E-state index in [0.717, 1.165) is 17.5 Å². The van der Waals surface area contributed by atoms with Crippen molar-refractivity contribution in [2.75, 3.05) is 26.1 Å². The van der Waals surface area contributed by atoms with Gasteiger partial charge in [0.2, 0.25) is 5.91 Å². The number of amides is 1. The van der Waals surface area contributed by atoms with Crippen molar-refractivity contribution < 1.29 is 28.6 Å². The number of carbonyl (C=O) groups is 3. The van der Waals surface area contributed by atoms with Gasteiger partial charge in [-0.1, -0.05) is 49.4 Å². The van der Waals surface area contributed by atoms with Crippen LogP contribution in [-0.2, 0) is 10.2 Å². The van der Waals surface area contributed by atoms with E-state index in [0.29, 0.717) is 46.2 Å². The van der Waals surface area contributed by atoms with E-state index < -0.39 is 23.4 Å². The number of carbonyl (C=O) groups excluding carboxylic acids is 3. The van der Waals surface area contributed by atoms with Crippen LogP contribution in [0.25, 0.3) is 6.08 Å². The predicted molar refractivity (Wildman–Crippen MR) is 175 cm³/mol. The van der Waals surface area contributed by atoms with E-state index in [1.165, 1.54) is 7.11 Å². The summed E-state index contributed by atoms with van der Waals surface area (Å²) in [5.74, 6) is -0.547. The quantitative estimate of drug-likeness (QED) is 0.216. The third-order valence-electron chi connectivity index (χ3n) is 9.41. The van der Waals surface area contributed by atoms with Crippen LogP contribution in [0, 0.1) is 5.92 Å². The van der Waals surface area contributed by atoms with Gasteiger partial charge < -0.3 is 24.4 Å². The fourth-order valence-corrected chi connectivity index (χ4v) is 7.44. The van der Waals surface area contributed by atoms with E-state index in [9.17, 15) is 9.59 Å². The molecule has 232 valence electrons. The first kappa shape index (κ1) is 29.3. The highest BCUT2D eigenvalue weighted by atomic mass is 16.5. The second kappa shape index (κ2) is 11.5. The molecule has 1 spiro atoms. The van der Waals surface area contributed by atoms with Crippen molar-refractivity contribution in [1.29, 1.82) is 0 Å². The van der Waals surface area contributed by atoms with Crippen LogP contribution in [-0.4, -0.2) is 49.2 Å². The Hall–Kier alpha value is -5.37. The number of benzene rings is 4. The standard InChI is InChI=1S/C38H34N2O6/c1-4-21-46-25-15-13-24(14-16-25)34(41)32-33(35(42)28-18-17-26(44-2)22-31(28)45-3)40-20-19-23-9-5-6-10-27(23)36(40)38(32)29-11-7-8-12-30(29)39-37(38)43/h5-20,22,32-33,36H,4,21H2,1-3H3,(H,39,43)/t32-,33+,36+,38+/m0/s1. The second-order valence-electron chi connectivity index (χ2n) is 11.8. The molecule has 1 amide bonds. The monoisotopic (exact) mass is 614 g/mol. The lowest BCUT2D eigenvalue weighted by Crippen LogP contribution is -2.49. The number of fused-ring (bicyclic) bond motifs is 6. The van der Waals surface area contributed by atoms with Gasteiger partial charge in [0, 0.05) is 23.5 Å². The van der Waals surface area contributed by atoms with Crippen molar-refractivity contribution in [2.24, 2.45) is 5.92 Å². The number of hydrogen-bond donors (Lipinski definition) is 1. The van der Waals surface area contributed by atoms with E-state index in [-0.39, 0.29) is 17.5 Å². The van der Waals surface area contributed by atoms with Crippen LogP contribution in [0.3, 0.4) is 0 Å². The predicted octanol–water partition coefficient (Wildman–Crippen LogP) is 6.47. The van der Waals surface area contributed by atoms with Crippen molar-refractivity contribution in [1.82, 2.24) is 4.90 Å². The van der Waals surface area contributed by atoms with Crippen LogP contribution in [0.15, 0.2) is 97.2 Å². The van der Waals surface area contributed by atoms with Crippen LogP contribution >= 0.6 is 0 Å². The van der Waals surface area contributed by atoms with E-state index >= 15 is 4.79 Å². The normalized spacial score (nSPS) is 22.1. The summed E-state index contributed by atoms with van der Waals surface area (Å²) >= 11 is 0. The lowest BCUT2D eigenvalue weighted by Gasteiger charge is -2.38. The smallest absolute Gasteiger partial charge is 0.238 e. The number of hydrogen-bond acceptors (Lipinski definition) is 7. The minimum Gasteiger partial charge on any atom is -0.497 e. The summed E-state index contributed by atoms with van der Waals surface area (Å²) < 4.78 is 16.8. The first-order valence-corrected chi connectivity index (χ1v) is 15.4. The number of nitrogens with one attached hydrogen (secondary N) is 1. The molecular formula is C38H34N2O6. The van der Waals surface area contributed by atoms with E-state index in [2.05, 4.69) is 5.32 Å². The maximum absolute atomic E-state index is 15.1. The molecule has 3 heterocycles. The number of anilines is 1. The molecule has 4 aromatic rings. The molecule has 8 nitrogen and oxygen atoms in total. The van der Waals surface area contributed by atoms with Crippen molar-refractivity contribution in [3.8, 4) is 17.2 Å². The Morgan fingerprint density at radius 3 is 2.37 bits per heavy atom. The highest BCUT2D eigenvalue weighted by Crippen LogP contribution is 2.62. The molecule has 0 saturated carbocycles. The molecule has 4 aromatic carbocycles. The SMILES string of the molecule is CCCOc1ccc(C(=O)[C@@H]2[C@H](C(=O)c3ccc(OC)cc3OC)N3C=Cc4ccccc4[C@@H]3[C@]23C(=O)Nc2ccccc23)cc1. The van der Waals surface area contributed by atoms with Gasteiger partial charge in [-0.3, -0.25) is 14.4 Å². The molecule has 7 rings (SSSR count). The highest BCUT2D eigenvalue weighted by molar-refractivity contribution is 6.17. The second-order valence-corrected chi connectivity index (χ2v) is 11.8. The Balaban J connectivity index is 1.48. The summed E-state index contributed by atoms with van der Waals surface area (Å²) in [7, 11) is 3.04. The average Bonchev–Trinajstić information content (AvgIpc) is 3.58. The zero-order chi connectivity index (χ0) is 32.0. The fourth-order valence-electron chi connectivity index (χ4n) is 7.44. The van der Waals surface area contributed by atoms with E-state index in [1.807, 2.05) is 72.6 Å².